The average Bonchev–Trinajstić information content (AvgIpc) is 3.09. The number of carbonyl (C=O) groups is 1. The molecule has 2 heterocycles. The second-order valence-corrected chi connectivity index (χ2v) is 4.54. The van der Waals surface area contributed by atoms with Crippen molar-refractivity contribution in [1.82, 2.24) is 20.5 Å². The zero-order valence-electron chi connectivity index (χ0n) is 10.5. The quantitative estimate of drug-likeness (QED) is 0.870. The number of ether oxygens (including phenoxy) is 1. The van der Waals surface area contributed by atoms with E-state index in [0.717, 1.165) is 11.1 Å². The number of amides is 1. The summed E-state index contributed by atoms with van der Waals surface area (Å²) in [6, 6.07) is 5.43. The number of hydrogen-bond donors (Lipinski definition) is 2. The number of fused-ring (bicyclic) bond motifs is 1. The third-order valence-corrected chi connectivity index (χ3v) is 3.17. The van der Waals surface area contributed by atoms with Gasteiger partial charge in [-0.15, -0.1) is 0 Å². The van der Waals surface area contributed by atoms with Crippen molar-refractivity contribution in [2.45, 2.75) is 26.2 Å². The Balaban J connectivity index is 1.74. The molecule has 6 nitrogen and oxygen atoms in total. The first-order valence-corrected chi connectivity index (χ1v) is 6.09. The molecule has 98 valence electrons. The molecule has 2 N–H and O–H groups in total. The lowest BCUT2D eigenvalue weighted by Gasteiger charge is -2.11. The van der Waals surface area contributed by atoms with Crippen LogP contribution in [0.25, 0.3) is 0 Å². The van der Waals surface area contributed by atoms with Crippen molar-refractivity contribution in [3.8, 4) is 0 Å². The van der Waals surface area contributed by atoms with Crippen LogP contribution in [0, 0.1) is 0 Å². The fraction of sp³-hybridized carbons (Fsp3) is 0.308. The maximum atomic E-state index is 12.1. The fourth-order valence-electron chi connectivity index (χ4n) is 2.09. The highest BCUT2D eigenvalue weighted by Gasteiger charge is 2.17. The van der Waals surface area contributed by atoms with Crippen LogP contribution in [0.1, 0.15) is 40.3 Å². The van der Waals surface area contributed by atoms with Crippen molar-refractivity contribution in [3.05, 3.63) is 47.0 Å². The molecule has 2 aromatic rings. The van der Waals surface area contributed by atoms with Crippen molar-refractivity contribution >= 4 is 5.91 Å². The molecule has 0 spiro atoms. The molecule has 0 aliphatic carbocycles. The van der Waals surface area contributed by atoms with Gasteiger partial charge in [0.15, 0.2) is 0 Å². The van der Waals surface area contributed by atoms with Gasteiger partial charge < -0.3 is 10.1 Å². The maximum absolute atomic E-state index is 12.1. The smallest absolute Gasteiger partial charge is 0.251 e. The minimum absolute atomic E-state index is 0.126. The normalized spacial score (nSPS) is 15.0. The van der Waals surface area contributed by atoms with Crippen molar-refractivity contribution in [3.63, 3.8) is 0 Å². The van der Waals surface area contributed by atoms with Crippen LogP contribution in [0.4, 0.5) is 0 Å². The van der Waals surface area contributed by atoms with Crippen molar-refractivity contribution < 1.29 is 9.53 Å². The molecule has 1 atom stereocenters. The highest BCUT2D eigenvalue weighted by molar-refractivity contribution is 5.94. The number of hydrogen-bond acceptors (Lipinski definition) is 4. The topological polar surface area (TPSA) is 79.9 Å². The highest BCUT2D eigenvalue weighted by Crippen LogP contribution is 2.21. The van der Waals surface area contributed by atoms with Crippen LogP contribution in [0.3, 0.4) is 0 Å². The number of benzene rings is 1. The molecule has 1 aromatic carbocycles. The summed E-state index contributed by atoms with van der Waals surface area (Å²) in [6.07, 6.45) is 1.42. The standard InChI is InChI=1S/C13H14N4O2/c1-8(12-14-7-15-17-12)16-13(18)9-2-3-10-5-19-6-11(10)4-9/h2-4,7-8H,5-6H2,1H3,(H,16,18)(H,14,15,17). The van der Waals surface area contributed by atoms with Crippen molar-refractivity contribution in [2.24, 2.45) is 0 Å². The predicted octanol–water partition coefficient (Wildman–Crippen LogP) is 1.33. The molecule has 0 fully saturated rings. The zero-order chi connectivity index (χ0) is 13.2. The predicted molar refractivity (Wildman–Crippen MR) is 67.2 cm³/mol. The van der Waals surface area contributed by atoms with Gasteiger partial charge in [0, 0.05) is 5.56 Å². The van der Waals surface area contributed by atoms with E-state index in [1.165, 1.54) is 6.33 Å². The summed E-state index contributed by atoms with van der Waals surface area (Å²) in [4.78, 5) is 16.2. The first-order valence-electron chi connectivity index (χ1n) is 6.09. The number of H-pyrrole nitrogens is 1. The van der Waals surface area contributed by atoms with Gasteiger partial charge in [0.25, 0.3) is 5.91 Å². The molecule has 1 aliphatic rings. The molecule has 6 heteroatoms. The van der Waals surface area contributed by atoms with E-state index in [2.05, 4.69) is 20.5 Å². The molecule has 0 saturated carbocycles. The SMILES string of the molecule is CC(NC(=O)c1ccc2c(c1)COC2)c1ncn[nH]1. The molecule has 1 aromatic heterocycles. The van der Waals surface area contributed by atoms with Crippen LogP contribution in [0.15, 0.2) is 24.5 Å². The molecule has 0 bridgehead atoms. The summed E-state index contributed by atoms with van der Waals surface area (Å²) in [5, 5.41) is 9.38. The second kappa shape index (κ2) is 4.81. The van der Waals surface area contributed by atoms with Crippen LogP contribution in [-0.2, 0) is 18.0 Å². The average molecular weight is 258 g/mol. The Morgan fingerprint density at radius 2 is 2.26 bits per heavy atom. The Hall–Kier alpha value is -2.21. The highest BCUT2D eigenvalue weighted by atomic mass is 16.5. The van der Waals surface area contributed by atoms with Gasteiger partial charge in [-0.1, -0.05) is 6.07 Å². The van der Waals surface area contributed by atoms with E-state index in [-0.39, 0.29) is 11.9 Å². The summed E-state index contributed by atoms with van der Waals surface area (Å²) < 4.78 is 5.33. The van der Waals surface area contributed by atoms with Gasteiger partial charge in [-0.25, -0.2) is 4.98 Å². The van der Waals surface area contributed by atoms with E-state index in [1.54, 1.807) is 0 Å². The molecule has 1 unspecified atom stereocenters. The summed E-state index contributed by atoms with van der Waals surface area (Å²) >= 11 is 0. The molecule has 1 aliphatic heterocycles. The molecule has 0 saturated heterocycles. The van der Waals surface area contributed by atoms with Gasteiger partial charge in [-0.05, 0) is 30.2 Å². The van der Waals surface area contributed by atoms with E-state index in [4.69, 9.17) is 4.74 Å². The summed E-state index contributed by atoms with van der Waals surface area (Å²) in [7, 11) is 0. The number of nitrogens with zero attached hydrogens (tertiary/aromatic N) is 2. The molecule has 1 amide bonds. The first kappa shape index (κ1) is 11.9. The fourth-order valence-corrected chi connectivity index (χ4v) is 2.09. The Morgan fingerprint density at radius 3 is 3.05 bits per heavy atom. The first-order chi connectivity index (χ1) is 9.24. The van der Waals surface area contributed by atoms with Crippen LogP contribution in [-0.4, -0.2) is 21.1 Å². The molecular weight excluding hydrogens is 244 g/mol. The lowest BCUT2D eigenvalue weighted by molar-refractivity contribution is 0.0938. The van der Waals surface area contributed by atoms with Gasteiger partial charge in [0.2, 0.25) is 0 Å². The van der Waals surface area contributed by atoms with Crippen LogP contribution < -0.4 is 5.32 Å². The van der Waals surface area contributed by atoms with Gasteiger partial charge in [0.1, 0.15) is 12.2 Å². The van der Waals surface area contributed by atoms with E-state index < -0.39 is 0 Å². The Kier molecular flexibility index (Phi) is 3.00. The Morgan fingerprint density at radius 1 is 1.42 bits per heavy atom. The summed E-state index contributed by atoms with van der Waals surface area (Å²) in [5.41, 5.74) is 2.87. The van der Waals surface area contributed by atoms with Gasteiger partial charge in [-0.2, -0.15) is 5.10 Å². The van der Waals surface area contributed by atoms with Crippen molar-refractivity contribution in [1.29, 1.82) is 0 Å². The number of aromatic nitrogens is 3. The lowest BCUT2D eigenvalue weighted by atomic mass is 10.1. The van der Waals surface area contributed by atoms with E-state index in [1.807, 2.05) is 25.1 Å². The zero-order valence-corrected chi connectivity index (χ0v) is 10.5. The largest absolute Gasteiger partial charge is 0.372 e. The maximum Gasteiger partial charge on any atom is 0.251 e. The Bertz CT molecular complexity index is 595. The van der Waals surface area contributed by atoms with Crippen molar-refractivity contribution in [2.75, 3.05) is 0 Å². The third kappa shape index (κ3) is 2.34. The van der Waals surface area contributed by atoms with Crippen LogP contribution >= 0.6 is 0 Å². The van der Waals surface area contributed by atoms with Gasteiger partial charge in [0.05, 0.1) is 19.3 Å². The number of carbonyl (C=O) groups excluding carboxylic acids is 1. The Labute approximate surface area is 110 Å². The summed E-state index contributed by atoms with van der Waals surface area (Å²) in [6.45, 7) is 3.06. The molecular formula is C13H14N4O2. The number of nitrogens with one attached hydrogen (secondary N) is 2. The minimum atomic E-state index is -0.209. The van der Waals surface area contributed by atoms with Crippen LogP contribution in [0.5, 0.6) is 0 Å². The second-order valence-electron chi connectivity index (χ2n) is 4.54. The van der Waals surface area contributed by atoms with Gasteiger partial charge >= 0.3 is 0 Å². The number of rotatable bonds is 3. The van der Waals surface area contributed by atoms with Crippen LogP contribution in [0.2, 0.25) is 0 Å². The third-order valence-electron chi connectivity index (χ3n) is 3.17. The number of aromatic amines is 1. The lowest BCUT2D eigenvalue weighted by Crippen LogP contribution is -2.27. The van der Waals surface area contributed by atoms with E-state index in [9.17, 15) is 4.79 Å². The van der Waals surface area contributed by atoms with E-state index in [0.29, 0.717) is 24.6 Å². The monoisotopic (exact) mass is 258 g/mol. The minimum Gasteiger partial charge on any atom is -0.372 e. The van der Waals surface area contributed by atoms with E-state index >= 15 is 0 Å². The van der Waals surface area contributed by atoms with Gasteiger partial charge in [-0.3, -0.25) is 9.89 Å². The molecule has 3 rings (SSSR count). The summed E-state index contributed by atoms with van der Waals surface area (Å²) in [5.74, 6) is 0.511. The molecule has 19 heavy (non-hydrogen) atoms. The molecule has 0 radical (unpaired) electrons.